The first-order valence-corrected chi connectivity index (χ1v) is 10.9. The summed E-state index contributed by atoms with van der Waals surface area (Å²) in [5, 5.41) is 8.15. The number of hydrogen-bond acceptors (Lipinski definition) is 3. The summed E-state index contributed by atoms with van der Waals surface area (Å²) in [4.78, 5) is 0. The van der Waals surface area contributed by atoms with Crippen LogP contribution in [0.15, 0.2) is 30.3 Å². The third-order valence-electron chi connectivity index (χ3n) is 5.91. The maximum Gasteiger partial charge on any atom is 0.233 e. The quantitative estimate of drug-likeness (QED) is 0.488. The summed E-state index contributed by atoms with van der Waals surface area (Å²) < 4.78 is 20.1. The molecule has 2 aromatic rings. The van der Waals surface area contributed by atoms with Crippen LogP contribution in [0.3, 0.4) is 0 Å². The van der Waals surface area contributed by atoms with Crippen LogP contribution in [0.25, 0.3) is 11.3 Å². The lowest BCUT2D eigenvalue weighted by atomic mass is 9.78. The Balaban J connectivity index is 1.54. The van der Waals surface area contributed by atoms with Crippen molar-refractivity contribution in [3.05, 3.63) is 41.7 Å². The molecule has 4 heteroatoms. The molecule has 3 nitrogen and oxygen atoms in total. The van der Waals surface area contributed by atoms with E-state index in [2.05, 4.69) is 17.1 Å². The topological polar surface area (TPSA) is 35.0 Å². The van der Waals surface area contributed by atoms with E-state index in [1.165, 1.54) is 44.9 Å². The standard InChI is InChI=1S/C24H33FN2O/c1-3-5-18-6-8-19(9-7-18)10-11-20-12-13-21(22(25)17-20)23-14-15-24(27-26-23)28-16-4-2/h12-15,17-19H,3-11,16H2,1-2H3/t18-,19-. The lowest BCUT2D eigenvalue weighted by Crippen LogP contribution is -2.15. The predicted octanol–water partition coefficient (Wildman–Crippen LogP) is 6.61. The highest BCUT2D eigenvalue weighted by molar-refractivity contribution is 5.60. The van der Waals surface area contributed by atoms with E-state index in [0.717, 1.165) is 30.2 Å². The Morgan fingerprint density at radius 1 is 0.929 bits per heavy atom. The second-order valence-electron chi connectivity index (χ2n) is 8.13. The fraction of sp³-hybridized carbons (Fsp3) is 0.583. The largest absolute Gasteiger partial charge is 0.477 e. The van der Waals surface area contributed by atoms with Gasteiger partial charge in [0, 0.05) is 11.6 Å². The van der Waals surface area contributed by atoms with Crippen molar-refractivity contribution < 1.29 is 9.13 Å². The minimum atomic E-state index is -0.222. The average Bonchev–Trinajstić information content (AvgIpc) is 2.72. The van der Waals surface area contributed by atoms with Crippen LogP contribution in [0.4, 0.5) is 4.39 Å². The van der Waals surface area contributed by atoms with Gasteiger partial charge in [-0.25, -0.2) is 4.39 Å². The number of rotatable bonds is 9. The summed E-state index contributed by atoms with van der Waals surface area (Å²) in [6.45, 7) is 4.93. The number of nitrogens with zero attached hydrogens (tertiary/aromatic N) is 2. The van der Waals surface area contributed by atoms with Crippen molar-refractivity contribution in [2.75, 3.05) is 6.61 Å². The number of aromatic nitrogens is 2. The maximum absolute atomic E-state index is 14.6. The molecule has 0 atom stereocenters. The summed E-state index contributed by atoms with van der Waals surface area (Å²) in [6, 6.07) is 9.05. The molecule has 0 bridgehead atoms. The molecule has 1 aliphatic rings. The van der Waals surface area contributed by atoms with Gasteiger partial charge in [0.25, 0.3) is 0 Å². The maximum atomic E-state index is 14.6. The minimum Gasteiger partial charge on any atom is -0.477 e. The van der Waals surface area contributed by atoms with E-state index < -0.39 is 0 Å². The van der Waals surface area contributed by atoms with Crippen LogP contribution in [0, 0.1) is 17.7 Å². The van der Waals surface area contributed by atoms with E-state index in [-0.39, 0.29) is 5.82 Å². The molecule has 0 radical (unpaired) electrons. The zero-order valence-corrected chi connectivity index (χ0v) is 17.3. The van der Waals surface area contributed by atoms with Crippen LogP contribution in [-0.4, -0.2) is 16.8 Å². The molecule has 0 N–H and O–H groups in total. The van der Waals surface area contributed by atoms with E-state index in [1.54, 1.807) is 18.2 Å². The fourth-order valence-corrected chi connectivity index (χ4v) is 4.26. The molecule has 0 spiro atoms. The number of halogens is 1. The first-order chi connectivity index (χ1) is 13.7. The normalized spacial score (nSPS) is 19.5. The zero-order valence-electron chi connectivity index (χ0n) is 17.3. The van der Waals surface area contributed by atoms with Gasteiger partial charge >= 0.3 is 0 Å². The predicted molar refractivity (Wildman–Crippen MR) is 112 cm³/mol. The molecule has 152 valence electrons. The second kappa shape index (κ2) is 10.5. The average molecular weight is 385 g/mol. The molecule has 0 unspecified atom stereocenters. The van der Waals surface area contributed by atoms with Gasteiger partial charge in [0.15, 0.2) is 0 Å². The van der Waals surface area contributed by atoms with Gasteiger partial charge in [0.05, 0.1) is 12.3 Å². The number of aryl methyl sites for hydroxylation is 1. The highest BCUT2D eigenvalue weighted by Gasteiger charge is 2.20. The Morgan fingerprint density at radius 2 is 1.68 bits per heavy atom. The summed E-state index contributed by atoms with van der Waals surface area (Å²) in [6.07, 6.45) is 11.2. The Hall–Kier alpha value is -1.97. The molecule has 0 saturated heterocycles. The van der Waals surface area contributed by atoms with Gasteiger partial charge in [0.2, 0.25) is 5.88 Å². The molecule has 0 aliphatic heterocycles. The van der Waals surface area contributed by atoms with Crippen molar-refractivity contribution in [1.29, 1.82) is 0 Å². The summed E-state index contributed by atoms with van der Waals surface area (Å²) in [5.74, 6) is 2.01. The van der Waals surface area contributed by atoms with Crippen molar-refractivity contribution in [3.8, 4) is 17.1 Å². The summed E-state index contributed by atoms with van der Waals surface area (Å²) >= 11 is 0. The molecule has 1 fully saturated rings. The van der Waals surface area contributed by atoms with Crippen molar-refractivity contribution in [3.63, 3.8) is 0 Å². The molecular formula is C24H33FN2O. The van der Waals surface area contributed by atoms with Crippen molar-refractivity contribution in [2.24, 2.45) is 11.8 Å². The molecular weight excluding hydrogens is 351 g/mol. The Morgan fingerprint density at radius 3 is 2.29 bits per heavy atom. The summed E-state index contributed by atoms with van der Waals surface area (Å²) in [5.41, 5.74) is 2.12. The SMILES string of the molecule is CCCOc1ccc(-c2ccc(CC[C@H]3CC[C@H](CCC)CC3)cc2F)nn1. The fourth-order valence-electron chi connectivity index (χ4n) is 4.26. The van der Waals surface area contributed by atoms with Crippen LogP contribution in [-0.2, 0) is 6.42 Å². The molecule has 1 aromatic heterocycles. The first-order valence-electron chi connectivity index (χ1n) is 10.9. The van der Waals surface area contributed by atoms with E-state index in [4.69, 9.17) is 4.74 Å². The van der Waals surface area contributed by atoms with Gasteiger partial charge in [-0.05, 0) is 54.9 Å². The molecule has 1 aliphatic carbocycles. The van der Waals surface area contributed by atoms with Gasteiger partial charge in [-0.1, -0.05) is 58.4 Å². The van der Waals surface area contributed by atoms with Gasteiger partial charge in [0.1, 0.15) is 5.82 Å². The van der Waals surface area contributed by atoms with Crippen molar-refractivity contribution >= 4 is 0 Å². The van der Waals surface area contributed by atoms with Crippen molar-refractivity contribution in [2.45, 2.75) is 71.6 Å². The number of ether oxygens (including phenoxy) is 1. The lowest BCUT2D eigenvalue weighted by molar-refractivity contribution is 0.252. The highest BCUT2D eigenvalue weighted by Crippen LogP contribution is 2.34. The number of hydrogen-bond donors (Lipinski definition) is 0. The Labute approximate surface area is 168 Å². The van der Waals surface area contributed by atoms with E-state index >= 15 is 0 Å². The van der Waals surface area contributed by atoms with Gasteiger partial charge in [-0.15, -0.1) is 10.2 Å². The Kier molecular flexibility index (Phi) is 7.81. The molecule has 1 saturated carbocycles. The third kappa shape index (κ3) is 5.76. The smallest absolute Gasteiger partial charge is 0.233 e. The van der Waals surface area contributed by atoms with E-state index in [9.17, 15) is 4.39 Å². The molecule has 3 rings (SSSR count). The summed E-state index contributed by atoms with van der Waals surface area (Å²) in [7, 11) is 0. The van der Waals surface area contributed by atoms with Crippen LogP contribution in [0.1, 0.15) is 70.8 Å². The Bertz CT molecular complexity index is 724. The molecule has 1 aromatic carbocycles. The van der Waals surface area contributed by atoms with E-state index in [0.29, 0.717) is 23.7 Å². The van der Waals surface area contributed by atoms with E-state index in [1.807, 2.05) is 19.1 Å². The second-order valence-corrected chi connectivity index (χ2v) is 8.13. The number of benzene rings is 1. The van der Waals surface area contributed by atoms with Crippen LogP contribution >= 0.6 is 0 Å². The van der Waals surface area contributed by atoms with Crippen LogP contribution in [0.5, 0.6) is 5.88 Å². The van der Waals surface area contributed by atoms with Crippen LogP contribution in [0.2, 0.25) is 0 Å². The third-order valence-corrected chi connectivity index (χ3v) is 5.91. The lowest BCUT2D eigenvalue weighted by Gasteiger charge is -2.28. The monoisotopic (exact) mass is 384 g/mol. The zero-order chi connectivity index (χ0) is 19.8. The first kappa shape index (κ1) is 20.8. The van der Waals surface area contributed by atoms with Gasteiger partial charge in [-0.3, -0.25) is 0 Å². The van der Waals surface area contributed by atoms with Crippen LogP contribution < -0.4 is 4.74 Å². The van der Waals surface area contributed by atoms with Gasteiger partial charge in [-0.2, -0.15) is 0 Å². The van der Waals surface area contributed by atoms with Gasteiger partial charge < -0.3 is 4.74 Å². The minimum absolute atomic E-state index is 0.222. The molecule has 1 heterocycles. The molecule has 28 heavy (non-hydrogen) atoms. The van der Waals surface area contributed by atoms with Crippen molar-refractivity contribution in [1.82, 2.24) is 10.2 Å². The molecule has 0 amide bonds. The highest BCUT2D eigenvalue weighted by atomic mass is 19.1.